The number of nitrogens with zero attached hydrogens (tertiary/aromatic N) is 2. The molecular formula is C17H16N4O2S2. The Labute approximate surface area is 154 Å². The Kier molecular flexibility index (Phi) is 4.65. The molecule has 128 valence electrons. The van der Waals surface area contributed by atoms with Gasteiger partial charge in [-0.05, 0) is 55.4 Å². The van der Waals surface area contributed by atoms with Crippen molar-refractivity contribution < 1.29 is 9.59 Å². The molecule has 0 spiro atoms. The molecule has 1 aliphatic rings. The number of rotatable bonds is 3. The number of carbonyl (C=O) groups is 2. The summed E-state index contributed by atoms with van der Waals surface area (Å²) in [4.78, 5) is 29.9. The summed E-state index contributed by atoms with van der Waals surface area (Å²) >= 11 is 6.24. The van der Waals surface area contributed by atoms with Crippen LogP contribution in [-0.4, -0.2) is 21.9 Å². The highest BCUT2D eigenvalue weighted by molar-refractivity contribution is 7.80. The summed E-state index contributed by atoms with van der Waals surface area (Å²) in [6.07, 6.45) is 1.60. The molecule has 0 atom stereocenters. The number of hydrogen-bond acceptors (Lipinski definition) is 5. The number of thiazole rings is 1. The topological polar surface area (TPSA) is 74.3 Å². The quantitative estimate of drug-likeness (QED) is 0.640. The summed E-state index contributed by atoms with van der Waals surface area (Å²) in [6.45, 7) is 5.52. The second kappa shape index (κ2) is 6.73. The Hall–Kier alpha value is -2.58. The first-order valence-corrected chi connectivity index (χ1v) is 8.81. The van der Waals surface area contributed by atoms with Crippen LogP contribution in [0.25, 0.3) is 6.08 Å². The van der Waals surface area contributed by atoms with E-state index in [0.717, 1.165) is 16.8 Å². The number of thiocarbonyl (C=S) groups is 1. The maximum absolute atomic E-state index is 12.2. The van der Waals surface area contributed by atoms with Crippen LogP contribution in [-0.2, 0) is 9.59 Å². The smallest absolute Gasteiger partial charge is 0.273 e. The molecule has 3 rings (SSSR count). The highest BCUT2D eigenvalue weighted by Crippen LogP contribution is 2.30. The van der Waals surface area contributed by atoms with Crippen LogP contribution in [0, 0.1) is 13.8 Å². The van der Waals surface area contributed by atoms with Gasteiger partial charge in [0.2, 0.25) is 5.91 Å². The van der Waals surface area contributed by atoms with E-state index in [1.807, 2.05) is 32.0 Å². The van der Waals surface area contributed by atoms with Gasteiger partial charge in [0, 0.05) is 12.3 Å². The molecule has 25 heavy (non-hydrogen) atoms. The standard InChI is InChI=1S/C17H16N4O2S2/c1-9-4-5-13(6-10(9)2)21(11(3)22)17-18-12(8-25-17)7-14-15(23)20-16(24)19-14/h4-8H,1-3H3,(H2,19,20,23,24)/b14-7+. The van der Waals surface area contributed by atoms with Crippen molar-refractivity contribution in [3.63, 3.8) is 0 Å². The van der Waals surface area contributed by atoms with Gasteiger partial charge in [-0.25, -0.2) is 4.98 Å². The average Bonchev–Trinajstić information content (AvgIpc) is 3.10. The summed E-state index contributed by atoms with van der Waals surface area (Å²) in [7, 11) is 0. The van der Waals surface area contributed by atoms with E-state index in [9.17, 15) is 9.59 Å². The predicted molar refractivity (Wildman–Crippen MR) is 103 cm³/mol. The van der Waals surface area contributed by atoms with Crippen molar-refractivity contribution in [3.8, 4) is 0 Å². The molecule has 1 saturated heterocycles. The van der Waals surface area contributed by atoms with E-state index in [0.29, 0.717) is 16.5 Å². The van der Waals surface area contributed by atoms with Gasteiger partial charge in [0.05, 0.1) is 11.4 Å². The number of benzene rings is 1. The van der Waals surface area contributed by atoms with Gasteiger partial charge in [0.25, 0.3) is 5.91 Å². The summed E-state index contributed by atoms with van der Waals surface area (Å²) in [5.41, 5.74) is 3.94. The van der Waals surface area contributed by atoms with Crippen molar-refractivity contribution in [2.45, 2.75) is 20.8 Å². The zero-order valence-electron chi connectivity index (χ0n) is 13.9. The molecule has 8 heteroatoms. The van der Waals surface area contributed by atoms with E-state index in [1.165, 1.54) is 18.3 Å². The number of carbonyl (C=O) groups excluding carboxylic acids is 2. The fourth-order valence-electron chi connectivity index (χ4n) is 2.37. The Bertz CT molecular complexity index is 917. The molecule has 1 fully saturated rings. The number of anilines is 2. The SMILES string of the molecule is CC(=O)N(c1ccc(C)c(C)c1)c1nc(/C=C2/NC(=S)NC2=O)cs1. The lowest BCUT2D eigenvalue weighted by atomic mass is 10.1. The molecule has 0 bridgehead atoms. The lowest BCUT2D eigenvalue weighted by Crippen LogP contribution is -2.22. The second-order valence-corrected chi connectivity index (χ2v) is 6.89. The Balaban J connectivity index is 1.94. The number of nitrogens with one attached hydrogen (secondary N) is 2. The Morgan fingerprint density at radius 1 is 1.28 bits per heavy atom. The van der Waals surface area contributed by atoms with Gasteiger partial charge in [-0.1, -0.05) is 6.07 Å². The van der Waals surface area contributed by atoms with Gasteiger partial charge in [0.15, 0.2) is 10.2 Å². The van der Waals surface area contributed by atoms with Gasteiger partial charge < -0.3 is 5.32 Å². The lowest BCUT2D eigenvalue weighted by molar-refractivity contribution is -0.116. The maximum atomic E-state index is 12.2. The van der Waals surface area contributed by atoms with E-state index in [4.69, 9.17) is 12.2 Å². The van der Waals surface area contributed by atoms with Gasteiger partial charge in [-0.15, -0.1) is 11.3 Å². The second-order valence-electron chi connectivity index (χ2n) is 5.64. The number of aromatic nitrogens is 1. The minimum absolute atomic E-state index is 0.130. The number of amides is 2. The molecule has 2 N–H and O–H groups in total. The predicted octanol–water partition coefficient (Wildman–Crippen LogP) is 2.79. The van der Waals surface area contributed by atoms with Crippen LogP contribution >= 0.6 is 23.6 Å². The summed E-state index contributed by atoms with van der Waals surface area (Å²) in [5, 5.41) is 7.87. The molecular weight excluding hydrogens is 356 g/mol. The van der Waals surface area contributed by atoms with Crippen LogP contribution < -0.4 is 15.5 Å². The maximum Gasteiger partial charge on any atom is 0.273 e. The first-order valence-electron chi connectivity index (χ1n) is 7.52. The molecule has 2 amide bonds. The Morgan fingerprint density at radius 3 is 2.64 bits per heavy atom. The highest BCUT2D eigenvalue weighted by atomic mass is 32.1. The normalized spacial score (nSPS) is 15.2. The van der Waals surface area contributed by atoms with Gasteiger partial charge in [-0.2, -0.15) is 0 Å². The van der Waals surface area contributed by atoms with Gasteiger partial charge in [-0.3, -0.25) is 19.8 Å². The van der Waals surface area contributed by atoms with E-state index < -0.39 is 0 Å². The average molecular weight is 372 g/mol. The third kappa shape index (κ3) is 3.59. The number of aryl methyl sites for hydroxylation is 2. The first-order chi connectivity index (χ1) is 11.8. The van der Waals surface area contributed by atoms with E-state index in [2.05, 4.69) is 15.6 Å². The molecule has 1 aromatic heterocycles. The molecule has 1 aliphatic heterocycles. The summed E-state index contributed by atoms with van der Waals surface area (Å²) in [5.74, 6) is -0.424. The third-order valence-corrected chi connectivity index (χ3v) is 4.82. The zero-order chi connectivity index (χ0) is 18.1. The molecule has 2 heterocycles. The minimum atomic E-state index is -0.294. The van der Waals surface area contributed by atoms with E-state index in [-0.39, 0.29) is 16.9 Å². The molecule has 0 unspecified atom stereocenters. The molecule has 0 saturated carbocycles. The number of hydrogen-bond donors (Lipinski definition) is 2. The van der Waals surface area contributed by atoms with Crippen LogP contribution in [0.15, 0.2) is 29.3 Å². The Morgan fingerprint density at radius 2 is 2.04 bits per heavy atom. The summed E-state index contributed by atoms with van der Waals surface area (Å²) < 4.78 is 0. The van der Waals surface area contributed by atoms with Crippen molar-refractivity contribution in [1.82, 2.24) is 15.6 Å². The van der Waals surface area contributed by atoms with Crippen LogP contribution in [0.5, 0.6) is 0 Å². The van der Waals surface area contributed by atoms with Crippen molar-refractivity contribution in [1.29, 1.82) is 0 Å². The monoisotopic (exact) mass is 372 g/mol. The van der Waals surface area contributed by atoms with Crippen LogP contribution in [0.2, 0.25) is 0 Å². The lowest BCUT2D eigenvalue weighted by Gasteiger charge is -2.19. The van der Waals surface area contributed by atoms with E-state index >= 15 is 0 Å². The third-order valence-electron chi connectivity index (χ3n) is 3.78. The molecule has 1 aromatic carbocycles. The van der Waals surface area contributed by atoms with E-state index in [1.54, 1.807) is 16.4 Å². The molecule has 0 aliphatic carbocycles. The fraction of sp³-hybridized carbons (Fsp3) is 0.176. The van der Waals surface area contributed by atoms with Crippen LogP contribution in [0.4, 0.5) is 10.8 Å². The minimum Gasteiger partial charge on any atom is -0.328 e. The largest absolute Gasteiger partial charge is 0.328 e. The van der Waals surface area contributed by atoms with Crippen molar-refractivity contribution in [2.75, 3.05) is 4.90 Å². The van der Waals surface area contributed by atoms with Gasteiger partial charge in [0.1, 0.15) is 5.70 Å². The van der Waals surface area contributed by atoms with Crippen molar-refractivity contribution in [3.05, 3.63) is 46.1 Å². The summed E-state index contributed by atoms with van der Waals surface area (Å²) in [6, 6.07) is 5.83. The highest BCUT2D eigenvalue weighted by Gasteiger charge is 2.22. The van der Waals surface area contributed by atoms with Crippen molar-refractivity contribution in [2.24, 2.45) is 0 Å². The first kappa shape index (κ1) is 17.2. The zero-order valence-corrected chi connectivity index (χ0v) is 15.5. The van der Waals surface area contributed by atoms with Crippen LogP contribution in [0.3, 0.4) is 0 Å². The van der Waals surface area contributed by atoms with Crippen LogP contribution in [0.1, 0.15) is 23.7 Å². The molecule has 0 radical (unpaired) electrons. The fourth-order valence-corrected chi connectivity index (χ4v) is 3.41. The van der Waals surface area contributed by atoms with Crippen molar-refractivity contribution >= 4 is 57.4 Å². The molecule has 6 nitrogen and oxygen atoms in total. The molecule has 2 aromatic rings. The van der Waals surface area contributed by atoms with Gasteiger partial charge >= 0.3 is 0 Å².